The first-order valence-corrected chi connectivity index (χ1v) is 9.31. The summed E-state index contributed by atoms with van der Waals surface area (Å²) < 4.78 is 2.34. The summed E-state index contributed by atoms with van der Waals surface area (Å²) in [4.78, 5) is 11.8. The number of carbonyl (C=O) groups excluding carboxylic acids is 1. The number of benzene rings is 2. The van der Waals surface area contributed by atoms with Crippen LogP contribution in [0.25, 0.3) is 16.9 Å². The lowest BCUT2D eigenvalue weighted by atomic mass is 10.1. The maximum Gasteiger partial charge on any atom is 0.251 e. The summed E-state index contributed by atoms with van der Waals surface area (Å²) in [6.45, 7) is 4.43. The fourth-order valence-electron chi connectivity index (χ4n) is 3.50. The highest BCUT2D eigenvalue weighted by Crippen LogP contribution is 2.31. The predicted molar refractivity (Wildman–Crippen MR) is 108 cm³/mol. The monoisotopic (exact) mass is 346 g/mol. The third kappa shape index (κ3) is 3.43. The van der Waals surface area contributed by atoms with Gasteiger partial charge in [0, 0.05) is 24.0 Å². The lowest BCUT2D eigenvalue weighted by molar-refractivity contribution is 0.0963. The lowest BCUT2D eigenvalue weighted by Gasteiger charge is -2.14. The number of hydrogen-bond donors (Lipinski definition) is 1. The molecule has 0 saturated carbocycles. The van der Waals surface area contributed by atoms with E-state index in [4.69, 9.17) is 0 Å². The van der Waals surface area contributed by atoms with Crippen molar-refractivity contribution in [1.82, 2.24) is 9.88 Å². The van der Waals surface area contributed by atoms with Gasteiger partial charge in [-0.05, 0) is 54.3 Å². The number of nitrogens with zero attached hydrogens (tertiary/aromatic N) is 1. The van der Waals surface area contributed by atoms with E-state index in [2.05, 4.69) is 54.1 Å². The molecule has 0 radical (unpaired) electrons. The van der Waals surface area contributed by atoms with E-state index in [9.17, 15) is 4.79 Å². The van der Waals surface area contributed by atoms with Crippen LogP contribution in [0, 0.1) is 0 Å². The van der Waals surface area contributed by atoms with Crippen LogP contribution in [0.15, 0.2) is 60.7 Å². The molecule has 26 heavy (non-hydrogen) atoms. The Bertz CT molecular complexity index is 877. The van der Waals surface area contributed by atoms with Crippen molar-refractivity contribution in [1.29, 1.82) is 0 Å². The second-order valence-corrected chi connectivity index (χ2v) is 6.43. The molecule has 1 amide bonds. The molecule has 0 saturated heterocycles. The van der Waals surface area contributed by atoms with Gasteiger partial charge in [-0.1, -0.05) is 50.6 Å². The van der Waals surface area contributed by atoms with E-state index in [-0.39, 0.29) is 5.91 Å². The Balaban J connectivity index is 2.16. The van der Waals surface area contributed by atoms with Crippen LogP contribution in [0.3, 0.4) is 0 Å². The van der Waals surface area contributed by atoms with Gasteiger partial charge in [-0.3, -0.25) is 4.79 Å². The molecule has 0 aliphatic heterocycles. The van der Waals surface area contributed by atoms with Crippen LogP contribution in [-0.4, -0.2) is 17.5 Å². The number of rotatable bonds is 6. The van der Waals surface area contributed by atoms with Crippen LogP contribution in [0.5, 0.6) is 0 Å². The standard InChI is InChI=1S/C23H26N2O/c1-4-9-19-16-22(17-10-7-6-8-11-17)25(21(19)5-2)20-14-12-18(13-15-20)23(26)24-3/h6-8,10-16H,4-5,9H2,1-3H3,(H,24,26). The molecule has 3 heteroatoms. The first kappa shape index (κ1) is 18.0. The predicted octanol–water partition coefficient (Wildman–Crippen LogP) is 5.02. The molecule has 1 aromatic heterocycles. The van der Waals surface area contributed by atoms with E-state index in [0.717, 1.165) is 24.9 Å². The minimum atomic E-state index is -0.0604. The first-order chi connectivity index (χ1) is 12.7. The number of nitrogens with one attached hydrogen (secondary N) is 1. The molecule has 0 spiro atoms. The Morgan fingerprint density at radius 3 is 2.27 bits per heavy atom. The third-order valence-electron chi connectivity index (χ3n) is 4.73. The maximum atomic E-state index is 11.8. The topological polar surface area (TPSA) is 34.0 Å². The van der Waals surface area contributed by atoms with Gasteiger partial charge < -0.3 is 9.88 Å². The van der Waals surface area contributed by atoms with Gasteiger partial charge in [0.2, 0.25) is 0 Å². The van der Waals surface area contributed by atoms with Crippen LogP contribution in [0.4, 0.5) is 0 Å². The van der Waals surface area contributed by atoms with E-state index in [1.807, 2.05) is 30.3 Å². The number of hydrogen-bond acceptors (Lipinski definition) is 1. The molecular formula is C23H26N2O. The molecule has 1 heterocycles. The molecule has 0 bridgehead atoms. The van der Waals surface area contributed by atoms with Crippen molar-refractivity contribution in [2.45, 2.75) is 33.1 Å². The van der Waals surface area contributed by atoms with Crippen LogP contribution in [0.2, 0.25) is 0 Å². The summed E-state index contributed by atoms with van der Waals surface area (Å²) in [5.41, 5.74) is 6.94. The largest absolute Gasteiger partial charge is 0.355 e. The summed E-state index contributed by atoms with van der Waals surface area (Å²) in [6.07, 6.45) is 3.17. The van der Waals surface area contributed by atoms with Crippen molar-refractivity contribution >= 4 is 5.91 Å². The molecule has 2 aromatic carbocycles. The normalized spacial score (nSPS) is 10.7. The van der Waals surface area contributed by atoms with Crippen LogP contribution >= 0.6 is 0 Å². The molecule has 0 atom stereocenters. The molecule has 3 nitrogen and oxygen atoms in total. The number of amides is 1. The number of carbonyl (C=O) groups is 1. The fourth-order valence-corrected chi connectivity index (χ4v) is 3.50. The van der Waals surface area contributed by atoms with Crippen molar-refractivity contribution in [2.75, 3.05) is 7.05 Å². The highest BCUT2D eigenvalue weighted by molar-refractivity contribution is 5.94. The van der Waals surface area contributed by atoms with Crippen molar-refractivity contribution in [3.8, 4) is 16.9 Å². The Labute approximate surface area is 155 Å². The smallest absolute Gasteiger partial charge is 0.251 e. The van der Waals surface area contributed by atoms with E-state index in [0.29, 0.717) is 5.56 Å². The summed E-state index contributed by atoms with van der Waals surface area (Å²) in [6, 6.07) is 20.7. The van der Waals surface area contributed by atoms with E-state index >= 15 is 0 Å². The van der Waals surface area contributed by atoms with Crippen LogP contribution < -0.4 is 5.32 Å². The van der Waals surface area contributed by atoms with Gasteiger partial charge in [0.1, 0.15) is 0 Å². The molecule has 1 N–H and O–H groups in total. The van der Waals surface area contributed by atoms with Gasteiger partial charge in [0.25, 0.3) is 5.91 Å². The molecular weight excluding hydrogens is 320 g/mol. The highest BCUT2D eigenvalue weighted by Gasteiger charge is 2.16. The molecule has 3 rings (SSSR count). The van der Waals surface area contributed by atoms with Crippen molar-refractivity contribution < 1.29 is 4.79 Å². The van der Waals surface area contributed by atoms with Gasteiger partial charge in [-0.2, -0.15) is 0 Å². The molecule has 0 aliphatic rings. The van der Waals surface area contributed by atoms with Gasteiger partial charge in [-0.15, -0.1) is 0 Å². The molecule has 3 aromatic rings. The van der Waals surface area contributed by atoms with E-state index in [1.54, 1.807) is 7.05 Å². The van der Waals surface area contributed by atoms with E-state index < -0.39 is 0 Å². The summed E-state index contributed by atoms with van der Waals surface area (Å²) in [5.74, 6) is -0.0604. The van der Waals surface area contributed by atoms with Gasteiger partial charge in [0.15, 0.2) is 0 Å². The Morgan fingerprint density at radius 2 is 1.69 bits per heavy atom. The zero-order valence-electron chi connectivity index (χ0n) is 15.8. The zero-order chi connectivity index (χ0) is 18.5. The zero-order valence-corrected chi connectivity index (χ0v) is 15.8. The molecule has 134 valence electrons. The van der Waals surface area contributed by atoms with Gasteiger partial charge in [0.05, 0.1) is 5.69 Å². The second kappa shape index (κ2) is 8.05. The highest BCUT2D eigenvalue weighted by atomic mass is 16.1. The Kier molecular flexibility index (Phi) is 5.57. The average Bonchev–Trinajstić information content (AvgIpc) is 3.06. The molecule has 0 fully saturated rings. The van der Waals surface area contributed by atoms with Crippen molar-refractivity contribution in [3.63, 3.8) is 0 Å². The summed E-state index contributed by atoms with van der Waals surface area (Å²) in [7, 11) is 1.65. The van der Waals surface area contributed by atoms with Crippen LogP contribution in [0.1, 0.15) is 41.9 Å². The van der Waals surface area contributed by atoms with Gasteiger partial charge >= 0.3 is 0 Å². The lowest BCUT2D eigenvalue weighted by Crippen LogP contribution is -2.17. The van der Waals surface area contributed by atoms with E-state index in [1.165, 1.54) is 22.5 Å². The summed E-state index contributed by atoms with van der Waals surface area (Å²) in [5, 5.41) is 2.68. The molecule has 0 aliphatic carbocycles. The van der Waals surface area contributed by atoms with Gasteiger partial charge in [-0.25, -0.2) is 0 Å². The minimum absolute atomic E-state index is 0.0604. The first-order valence-electron chi connectivity index (χ1n) is 9.31. The number of aryl methyl sites for hydroxylation is 1. The summed E-state index contributed by atoms with van der Waals surface area (Å²) >= 11 is 0. The van der Waals surface area contributed by atoms with Crippen molar-refractivity contribution in [3.05, 3.63) is 77.5 Å². The fraction of sp³-hybridized carbons (Fsp3) is 0.261. The maximum absolute atomic E-state index is 11.8. The Hall–Kier alpha value is -2.81. The average molecular weight is 346 g/mol. The van der Waals surface area contributed by atoms with Crippen molar-refractivity contribution in [2.24, 2.45) is 0 Å². The number of aromatic nitrogens is 1. The quantitative estimate of drug-likeness (QED) is 0.668. The minimum Gasteiger partial charge on any atom is -0.355 e. The van der Waals surface area contributed by atoms with Crippen LogP contribution in [-0.2, 0) is 12.8 Å². The second-order valence-electron chi connectivity index (χ2n) is 6.43. The Morgan fingerprint density at radius 1 is 1.00 bits per heavy atom. The SMILES string of the molecule is CCCc1cc(-c2ccccc2)n(-c2ccc(C(=O)NC)cc2)c1CC. The molecule has 0 unspecified atom stereocenters. The third-order valence-corrected chi connectivity index (χ3v) is 4.73.